The molecule has 0 radical (unpaired) electrons. The number of nitrogens with zero attached hydrogens (tertiary/aromatic N) is 1. The van der Waals surface area contributed by atoms with E-state index in [1.807, 2.05) is 31.2 Å². The third kappa shape index (κ3) is 4.25. The van der Waals surface area contributed by atoms with Crippen LogP contribution in [0.2, 0.25) is 0 Å². The van der Waals surface area contributed by atoms with E-state index in [-0.39, 0.29) is 23.2 Å². The molecule has 1 amide bonds. The summed E-state index contributed by atoms with van der Waals surface area (Å²) >= 11 is 0. The smallest absolute Gasteiger partial charge is 0.273 e. The van der Waals surface area contributed by atoms with Gasteiger partial charge in [-0.25, -0.2) is 9.37 Å². The first-order valence-electron chi connectivity index (χ1n) is 9.30. The maximum Gasteiger partial charge on any atom is 0.273 e. The normalized spacial score (nSPS) is 13.9. The Morgan fingerprint density at radius 1 is 1.07 bits per heavy atom. The largest absolute Gasteiger partial charge is 0.453 e. The molecular weight excluding hydrogens is 387 g/mol. The lowest BCUT2D eigenvalue weighted by molar-refractivity contribution is -0.133. The van der Waals surface area contributed by atoms with Crippen LogP contribution in [0.15, 0.2) is 79.4 Å². The van der Waals surface area contributed by atoms with E-state index in [9.17, 15) is 9.18 Å². The highest BCUT2D eigenvalue weighted by atomic mass is 19.1. The highest BCUT2D eigenvalue weighted by Crippen LogP contribution is 2.31. The molecule has 1 aromatic heterocycles. The standard InChI is InChI=1S/C23H19FN2O4/c1-23(28-13-14-29-23)17-6-4-16(5-7-17)15-26-21(27)20-3-2-12-25-22(20)30-19-10-8-18(24)9-11-19/h2-14H,15H2,1H3,(H,26,27). The van der Waals surface area contributed by atoms with Crippen molar-refractivity contribution in [2.24, 2.45) is 0 Å². The zero-order chi connectivity index (χ0) is 21.0. The molecule has 0 bridgehead atoms. The first-order valence-corrected chi connectivity index (χ1v) is 9.30. The molecule has 7 heteroatoms. The fraction of sp³-hybridized carbons (Fsp3) is 0.130. The minimum absolute atomic E-state index is 0.146. The van der Waals surface area contributed by atoms with E-state index in [1.165, 1.54) is 43.0 Å². The van der Waals surface area contributed by atoms with Crippen molar-refractivity contribution in [1.29, 1.82) is 0 Å². The van der Waals surface area contributed by atoms with Gasteiger partial charge in [-0.1, -0.05) is 24.3 Å². The van der Waals surface area contributed by atoms with Gasteiger partial charge in [0.05, 0.1) is 0 Å². The Morgan fingerprint density at radius 3 is 2.47 bits per heavy atom. The second-order valence-electron chi connectivity index (χ2n) is 6.75. The molecule has 4 rings (SSSR count). The van der Waals surface area contributed by atoms with Gasteiger partial charge in [0.15, 0.2) is 0 Å². The highest BCUT2D eigenvalue weighted by molar-refractivity contribution is 5.96. The Labute approximate surface area is 172 Å². The highest BCUT2D eigenvalue weighted by Gasteiger charge is 2.31. The number of nitrogens with one attached hydrogen (secondary N) is 1. The first-order chi connectivity index (χ1) is 14.5. The second kappa shape index (κ2) is 8.24. The van der Waals surface area contributed by atoms with Gasteiger partial charge < -0.3 is 19.5 Å². The van der Waals surface area contributed by atoms with Crippen molar-refractivity contribution < 1.29 is 23.4 Å². The van der Waals surface area contributed by atoms with Gasteiger partial charge in [0.25, 0.3) is 11.7 Å². The van der Waals surface area contributed by atoms with Crippen molar-refractivity contribution in [3.8, 4) is 11.6 Å². The van der Waals surface area contributed by atoms with E-state index in [0.717, 1.165) is 11.1 Å². The van der Waals surface area contributed by atoms with Crippen LogP contribution in [0.3, 0.4) is 0 Å². The predicted molar refractivity (Wildman–Crippen MR) is 107 cm³/mol. The summed E-state index contributed by atoms with van der Waals surface area (Å²) in [5.74, 6) is -0.997. The van der Waals surface area contributed by atoms with Gasteiger partial charge in [-0.15, -0.1) is 0 Å². The van der Waals surface area contributed by atoms with Crippen LogP contribution in [0.25, 0.3) is 0 Å². The first kappa shape index (κ1) is 19.4. The van der Waals surface area contributed by atoms with Gasteiger partial charge in [0.1, 0.15) is 29.7 Å². The topological polar surface area (TPSA) is 69.7 Å². The van der Waals surface area contributed by atoms with Crippen LogP contribution in [0.5, 0.6) is 11.6 Å². The van der Waals surface area contributed by atoms with Crippen LogP contribution in [0.4, 0.5) is 4.39 Å². The molecule has 6 nitrogen and oxygen atoms in total. The van der Waals surface area contributed by atoms with E-state index in [2.05, 4.69) is 10.3 Å². The molecule has 1 aliphatic heterocycles. The fourth-order valence-electron chi connectivity index (χ4n) is 2.94. The van der Waals surface area contributed by atoms with Crippen molar-refractivity contribution in [2.45, 2.75) is 19.3 Å². The minimum Gasteiger partial charge on any atom is -0.453 e. The lowest BCUT2D eigenvalue weighted by atomic mass is 10.1. The van der Waals surface area contributed by atoms with Gasteiger partial charge in [0, 0.05) is 25.2 Å². The average molecular weight is 406 g/mol. The summed E-state index contributed by atoms with van der Waals surface area (Å²) in [5, 5.41) is 2.86. The number of ether oxygens (including phenoxy) is 3. The SMILES string of the molecule is CC1(c2ccc(CNC(=O)c3cccnc3Oc3ccc(F)cc3)cc2)OC=CO1. The maximum atomic E-state index is 13.1. The molecule has 0 atom stereocenters. The number of hydrogen-bond donors (Lipinski definition) is 1. The van der Waals surface area contributed by atoms with Crippen molar-refractivity contribution in [2.75, 3.05) is 0 Å². The number of benzene rings is 2. The molecule has 0 unspecified atom stereocenters. The summed E-state index contributed by atoms with van der Waals surface area (Å²) in [6, 6.07) is 16.3. The Morgan fingerprint density at radius 2 is 1.77 bits per heavy atom. The maximum absolute atomic E-state index is 13.1. The third-order valence-corrected chi connectivity index (χ3v) is 4.62. The summed E-state index contributed by atoms with van der Waals surface area (Å²) in [7, 11) is 0. The molecule has 3 aromatic rings. The van der Waals surface area contributed by atoms with Gasteiger partial charge in [-0.3, -0.25) is 4.79 Å². The van der Waals surface area contributed by atoms with Crippen LogP contribution >= 0.6 is 0 Å². The molecule has 2 aromatic carbocycles. The minimum atomic E-state index is -0.829. The summed E-state index contributed by atoms with van der Waals surface area (Å²) in [6.45, 7) is 2.15. The summed E-state index contributed by atoms with van der Waals surface area (Å²) < 4.78 is 29.7. The van der Waals surface area contributed by atoms with Gasteiger partial charge >= 0.3 is 0 Å². The molecule has 0 saturated carbocycles. The van der Waals surface area contributed by atoms with Crippen LogP contribution in [-0.2, 0) is 21.8 Å². The molecule has 30 heavy (non-hydrogen) atoms. The number of hydrogen-bond acceptors (Lipinski definition) is 5. The van der Waals surface area contributed by atoms with Crippen molar-refractivity contribution in [3.63, 3.8) is 0 Å². The number of halogens is 1. The predicted octanol–water partition coefficient (Wildman–Crippen LogP) is 4.63. The summed E-state index contributed by atoms with van der Waals surface area (Å²) in [6.07, 6.45) is 4.54. The van der Waals surface area contributed by atoms with Gasteiger partial charge in [-0.05, 0) is 42.0 Å². The number of aromatic nitrogens is 1. The Bertz CT molecular complexity index is 1060. The molecule has 0 aliphatic carbocycles. The van der Waals surface area contributed by atoms with Crippen LogP contribution in [-0.4, -0.2) is 10.9 Å². The van der Waals surface area contributed by atoms with Crippen LogP contribution in [0.1, 0.15) is 28.4 Å². The molecule has 0 spiro atoms. The van der Waals surface area contributed by atoms with Crippen molar-refractivity contribution in [1.82, 2.24) is 10.3 Å². The van der Waals surface area contributed by atoms with E-state index >= 15 is 0 Å². The average Bonchev–Trinajstić information content (AvgIpc) is 3.22. The van der Waals surface area contributed by atoms with Gasteiger partial charge in [0.2, 0.25) is 5.88 Å². The lowest BCUT2D eigenvalue weighted by Crippen LogP contribution is -2.24. The van der Waals surface area contributed by atoms with E-state index in [4.69, 9.17) is 14.2 Å². The van der Waals surface area contributed by atoms with Gasteiger partial charge in [-0.2, -0.15) is 0 Å². The lowest BCUT2D eigenvalue weighted by Gasteiger charge is -2.23. The quantitative estimate of drug-likeness (QED) is 0.646. The number of rotatable bonds is 6. The molecule has 0 fully saturated rings. The molecule has 1 aliphatic rings. The number of carbonyl (C=O) groups excluding carboxylic acids is 1. The number of amides is 1. The third-order valence-electron chi connectivity index (χ3n) is 4.62. The van der Waals surface area contributed by atoms with E-state index < -0.39 is 5.79 Å². The Kier molecular flexibility index (Phi) is 5.34. The van der Waals surface area contributed by atoms with Crippen LogP contribution < -0.4 is 10.1 Å². The molecule has 0 saturated heterocycles. The fourth-order valence-corrected chi connectivity index (χ4v) is 2.94. The molecule has 152 valence electrons. The zero-order valence-electron chi connectivity index (χ0n) is 16.2. The summed E-state index contributed by atoms with van der Waals surface area (Å²) in [5.41, 5.74) is 2.06. The number of carbonyl (C=O) groups is 1. The van der Waals surface area contributed by atoms with E-state index in [1.54, 1.807) is 12.1 Å². The monoisotopic (exact) mass is 406 g/mol. The summed E-state index contributed by atoms with van der Waals surface area (Å²) in [4.78, 5) is 16.8. The molecular formula is C23H19FN2O4. The molecule has 1 N–H and O–H groups in total. The number of pyridine rings is 1. The zero-order valence-corrected chi connectivity index (χ0v) is 16.2. The Hall–Kier alpha value is -3.87. The Balaban J connectivity index is 1.41. The van der Waals surface area contributed by atoms with Crippen molar-refractivity contribution >= 4 is 5.91 Å². The second-order valence-corrected chi connectivity index (χ2v) is 6.75. The van der Waals surface area contributed by atoms with Crippen LogP contribution in [0, 0.1) is 5.82 Å². The van der Waals surface area contributed by atoms with E-state index in [0.29, 0.717) is 12.3 Å². The molecule has 2 heterocycles. The van der Waals surface area contributed by atoms with Crippen molar-refractivity contribution in [3.05, 3.63) is 102 Å².